The molecule has 5 fully saturated rings. The highest BCUT2D eigenvalue weighted by Gasteiger charge is 2.59. The Morgan fingerprint density at radius 2 is 1.53 bits per heavy atom. The minimum atomic E-state index is 0.716. The average molecular weight is 280 g/mol. The fraction of sp³-hybridized carbons (Fsp3) is 1.00. The van der Waals surface area contributed by atoms with Crippen LogP contribution < -0.4 is 0 Å². The molecule has 0 aromatic carbocycles. The molecular formula is C16H28N2S. The van der Waals surface area contributed by atoms with E-state index in [2.05, 4.69) is 27.8 Å². The molecule has 0 radical (unpaired) electrons. The van der Waals surface area contributed by atoms with Crippen molar-refractivity contribution in [1.29, 1.82) is 0 Å². The lowest BCUT2D eigenvalue weighted by Crippen LogP contribution is -2.71. The zero-order valence-corrected chi connectivity index (χ0v) is 13.1. The molecule has 1 aliphatic heterocycles. The first-order valence-corrected chi connectivity index (χ1v) is 9.60. The predicted octanol–water partition coefficient (Wildman–Crippen LogP) is 2.83. The minimum absolute atomic E-state index is 0.716. The Kier molecular flexibility index (Phi) is 3.36. The van der Waals surface area contributed by atoms with Gasteiger partial charge in [-0.05, 0) is 57.1 Å². The standard InChI is InChI=1S/C16H28N2S/c1-19-15-4-2-14(3-5-15)17-6-8-18(9-7-17)16-10-13(11-16)12-16/h13-15H,2-12H2,1H3. The van der Waals surface area contributed by atoms with Crippen LogP contribution in [0.15, 0.2) is 0 Å². The maximum absolute atomic E-state index is 2.84. The van der Waals surface area contributed by atoms with Crippen molar-refractivity contribution in [2.75, 3.05) is 32.4 Å². The molecule has 0 aromatic heterocycles. The number of nitrogens with zero attached hydrogens (tertiary/aromatic N) is 2. The smallest absolute Gasteiger partial charge is 0.0218 e. The zero-order chi connectivity index (χ0) is 12.9. The van der Waals surface area contributed by atoms with Crippen LogP contribution in [-0.4, -0.2) is 59.1 Å². The van der Waals surface area contributed by atoms with Gasteiger partial charge in [-0.15, -0.1) is 0 Å². The Hall–Kier alpha value is 0.270. The number of hydrogen-bond donors (Lipinski definition) is 0. The largest absolute Gasteiger partial charge is 0.298 e. The maximum Gasteiger partial charge on any atom is 0.0218 e. The van der Waals surface area contributed by atoms with Crippen LogP contribution in [0.25, 0.3) is 0 Å². The molecule has 4 saturated carbocycles. The lowest BCUT2D eigenvalue weighted by atomic mass is 9.49. The Bertz CT molecular complexity index is 313. The van der Waals surface area contributed by atoms with Gasteiger partial charge in [0, 0.05) is 43.0 Å². The van der Waals surface area contributed by atoms with Gasteiger partial charge in [-0.2, -0.15) is 11.8 Å². The number of piperazine rings is 1. The van der Waals surface area contributed by atoms with Crippen LogP contribution in [0.5, 0.6) is 0 Å². The third-order valence-electron chi connectivity index (χ3n) is 6.48. The SMILES string of the molecule is CSC1CCC(N2CCN(C34CC(C3)C4)CC2)CC1. The molecule has 4 aliphatic carbocycles. The first-order chi connectivity index (χ1) is 9.29. The summed E-state index contributed by atoms with van der Waals surface area (Å²) in [5.74, 6) is 1.12. The molecule has 0 amide bonds. The highest BCUT2D eigenvalue weighted by atomic mass is 32.2. The van der Waals surface area contributed by atoms with Crippen LogP contribution in [0.1, 0.15) is 44.9 Å². The van der Waals surface area contributed by atoms with Crippen LogP contribution >= 0.6 is 11.8 Å². The topological polar surface area (TPSA) is 6.48 Å². The van der Waals surface area contributed by atoms with E-state index < -0.39 is 0 Å². The second-order valence-corrected chi connectivity index (χ2v) is 8.53. The van der Waals surface area contributed by atoms with Crippen molar-refractivity contribution in [3.05, 3.63) is 0 Å². The van der Waals surface area contributed by atoms with Gasteiger partial charge in [0.1, 0.15) is 0 Å². The van der Waals surface area contributed by atoms with Crippen molar-refractivity contribution in [2.24, 2.45) is 5.92 Å². The molecule has 19 heavy (non-hydrogen) atoms. The number of hydrogen-bond acceptors (Lipinski definition) is 3. The van der Waals surface area contributed by atoms with Crippen molar-refractivity contribution in [3.8, 4) is 0 Å². The normalized spacial score (nSPS) is 47.5. The summed E-state index contributed by atoms with van der Waals surface area (Å²) in [6.07, 6.45) is 12.7. The van der Waals surface area contributed by atoms with Gasteiger partial charge in [0.25, 0.3) is 0 Å². The Morgan fingerprint density at radius 3 is 2.00 bits per heavy atom. The van der Waals surface area contributed by atoms with Crippen molar-refractivity contribution in [3.63, 3.8) is 0 Å². The van der Waals surface area contributed by atoms with Crippen LogP contribution in [0.4, 0.5) is 0 Å². The van der Waals surface area contributed by atoms with Crippen molar-refractivity contribution < 1.29 is 0 Å². The molecule has 5 aliphatic rings. The molecule has 2 nitrogen and oxygen atoms in total. The second-order valence-electron chi connectivity index (χ2n) is 7.39. The van der Waals surface area contributed by atoms with E-state index in [4.69, 9.17) is 0 Å². The van der Waals surface area contributed by atoms with Gasteiger partial charge in [-0.25, -0.2) is 0 Å². The van der Waals surface area contributed by atoms with E-state index in [1.807, 2.05) is 0 Å². The van der Waals surface area contributed by atoms with Crippen LogP contribution in [0.3, 0.4) is 0 Å². The molecule has 1 heterocycles. The summed E-state index contributed by atoms with van der Waals surface area (Å²) in [4.78, 5) is 5.66. The molecule has 108 valence electrons. The lowest BCUT2D eigenvalue weighted by Gasteiger charge is -2.68. The summed E-state index contributed by atoms with van der Waals surface area (Å²) in [5.41, 5.74) is 0.716. The molecular weight excluding hydrogens is 252 g/mol. The Balaban J connectivity index is 1.26. The summed E-state index contributed by atoms with van der Waals surface area (Å²) in [6.45, 7) is 5.41. The summed E-state index contributed by atoms with van der Waals surface area (Å²) in [6, 6.07) is 0.915. The average Bonchev–Trinajstić information content (AvgIpc) is 2.36. The van der Waals surface area contributed by atoms with Crippen molar-refractivity contribution in [2.45, 2.75) is 61.8 Å². The van der Waals surface area contributed by atoms with Crippen molar-refractivity contribution >= 4 is 11.8 Å². The highest BCUT2D eigenvalue weighted by Crippen LogP contribution is 2.60. The summed E-state index contributed by atoms with van der Waals surface area (Å²) < 4.78 is 0. The maximum atomic E-state index is 2.84. The second kappa shape index (κ2) is 4.92. The van der Waals surface area contributed by atoms with Gasteiger partial charge in [-0.3, -0.25) is 9.80 Å². The number of rotatable bonds is 3. The fourth-order valence-electron chi connectivity index (χ4n) is 5.03. The van der Waals surface area contributed by atoms with Gasteiger partial charge >= 0.3 is 0 Å². The van der Waals surface area contributed by atoms with E-state index in [-0.39, 0.29) is 0 Å². The first kappa shape index (κ1) is 13.0. The molecule has 1 saturated heterocycles. The van der Waals surface area contributed by atoms with Gasteiger partial charge in [0.05, 0.1) is 0 Å². The third kappa shape index (κ3) is 2.16. The predicted molar refractivity (Wildman–Crippen MR) is 82.8 cm³/mol. The van der Waals surface area contributed by atoms with E-state index >= 15 is 0 Å². The zero-order valence-electron chi connectivity index (χ0n) is 12.3. The molecule has 0 aromatic rings. The summed E-state index contributed by atoms with van der Waals surface area (Å²) in [7, 11) is 0. The fourth-order valence-corrected chi connectivity index (χ4v) is 5.77. The molecule has 0 atom stereocenters. The third-order valence-corrected chi connectivity index (χ3v) is 7.62. The lowest BCUT2D eigenvalue weighted by molar-refractivity contribution is -0.157. The Morgan fingerprint density at radius 1 is 0.895 bits per heavy atom. The molecule has 0 unspecified atom stereocenters. The van der Waals surface area contributed by atoms with E-state index in [9.17, 15) is 0 Å². The number of thioether (sulfide) groups is 1. The first-order valence-electron chi connectivity index (χ1n) is 8.31. The highest BCUT2D eigenvalue weighted by molar-refractivity contribution is 7.99. The van der Waals surface area contributed by atoms with Crippen molar-refractivity contribution in [1.82, 2.24) is 9.80 Å². The monoisotopic (exact) mass is 280 g/mol. The minimum Gasteiger partial charge on any atom is -0.298 e. The van der Waals surface area contributed by atoms with Gasteiger partial charge in [0.15, 0.2) is 0 Å². The summed E-state index contributed by atoms with van der Waals surface area (Å²) in [5, 5.41) is 0.957. The van der Waals surface area contributed by atoms with Gasteiger partial charge < -0.3 is 0 Å². The van der Waals surface area contributed by atoms with Crippen LogP contribution in [0, 0.1) is 5.92 Å². The van der Waals surface area contributed by atoms with Gasteiger partial charge in [0.2, 0.25) is 0 Å². The van der Waals surface area contributed by atoms with Crippen LogP contribution in [0.2, 0.25) is 0 Å². The quantitative estimate of drug-likeness (QED) is 0.785. The molecule has 0 N–H and O–H groups in total. The van der Waals surface area contributed by atoms with E-state index in [0.29, 0.717) is 5.54 Å². The molecule has 5 rings (SSSR count). The summed E-state index contributed by atoms with van der Waals surface area (Å²) >= 11 is 2.09. The van der Waals surface area contributed by atoms with Crippen LogP contribution in [-0.2, 0) is 0 Å². The van der Waals surface area contributed by atoms with E-state index in [1.54, 1.807) is 0 Å². The molecule has 3 heteroatoms. The van der Waals surface area contributed by atoms with Gasteiger partial charge in [-0.1, -0.05) is 0 Å². The van der Waals surface area contributed by atoms with E-state index in [0.717, 1.165) is 17.2 Å². The Labute approximate surface area is 122 Å². The molecule has 0 spiro atoms. The van der Waals surface area contributed by atoms with E-state index in [1.165, 1.54) is 71.1 Å². The molecule has 2 bridgehead atoms.